The number of carbonyl (C=O) groups is 2. The molecule has 1 saturated heterocycles. The number of aryl methyl sites for hydroxylation is 3. The van der Waals surface area contributed by atoms with E-state index in [1.807, 2.05) is 13.8 Å². The Morgan fingerprint density at radius 2 is 1.89 bits per heavy atom. The molecule has 8 nitrogen and oxygen atoms in total. The standard InChI is InChI=1S/C24H18ClN3O5S2/c1-12-4-6-16(18(25)8-12)22(29)26-27-23(30)21(35-24(27)34)11-15-5-7-20(33-15)17-9-13(2)14(3)10-19(17)28(31)32/h4-11H,1-3H3,(H,26,29)/b21-11-. The minimum Gasteiger partial charge on any atom is -0.456 e. The van der Waals surface area contributed by atoms with Crippen molar-refractivity contribution < 1.29 is 18.9 Å². The van der Waals surface area contributed by atoms with E-state index in [4.69, 9.17) is 28.2 Å². The Morgan fingerprint density at radius 1 is 1.17 bits per heavy atom. The molecule has 0 spiro atoms. The zero-order valence-corrected chi connectivity index (χ0v) is 21.1. The van der Waals surface area contributed by atoms with Crippen molar-refractivity contribution in [3.8, 4) is 11.3 Å². The van der Waals surface area contributed by atoms with Crippen LogP contribution in [0.5, 0.6) is 0 Å². The first-order valence-electron chi connectivity index (χ1n) is 10.3. The van der Waals surface area contributed by atoms with E-state index in [0.717, 1.165) is 33.5 Å². The summed E-state index contributed by atoms with van der Waals surface area (Å²) in [5.41, 5.74) is 5.54. The number of hydrazine groups is 1. The maximum Gasteiger partial charge on any atom is 0.285 e. The van der Waals surface area contributed by atoms with Crippen LogP contribution in [-0.4, -0.2) is 26.1 Å². The number of nitrogens with one attached hydrogen (secondary N) is 1. The van der Waals surface area contributed by atoms with E-state index in [-0.39, 0.29) is 25.5 Å². The molecular formula is C24H18ClN3O5S2. The van der Waals surface area contributed by atoms with Gasteiger partial charge in [0.1, 0.15) is 11.5 Å². The van der Waals surface area contributed by atoms with Crippen LogP contribution >= 0.6 is 35.6 Å². The third kappa shape index (κ3) is 5.00. The van der Waals surface area contributed by atoms with Gasteiger partial charge in [0.25, 0.3) is 17.5 Å². The van der Waals surface area contributed by atoms with Gasteiger partial charge in [0.05, 0.1) is 26.0 Å². The molecule has 1 aliphatic heterocycles. The number of furan rings is 1. The van der Waals surface area contributed by atoms with Crippen LogP contribution in [0.25, 0.3) is 17.4 Å². The summed E-state index contributed by atoms with van der Waals surface area (Å²) in [5.74, 6) is -0.508. The van der Waals surface area contributed by atoms with Crippen LogP contribution in [0.1, 0.15) is 32.8 Å². The summed E-state index contributed by atoms with van der Waals surface area (Å²) in [5, 5.41) is 12.8. The summed E-state index contributed by atoms with van der Waals surface area (Å²) in [6.45, 7) is 5.50. The van der Waals surface area contributed by atoms with Gasteiger partial charge in [-0.1, -0.05) is 29.4 Å². The molecule has 2 amide bonds. The average Bonchev–Trinajstić information content (AvgIpc) is 3.35. The molecular weight excluding hydrogens is 510 g/mol. The van der Waals surface area contributed by atoms with E-state index in [1.165, 1.54) is 12.1 Å². The molecule has 3 aromatic rings. The minimum absolute atomic E-state index is 0.0715. The van der Waals surface area contributed by atoms with Crippen molar-refractivity contribution in [1.29, 1.82) is 0 Å². The second-order valence-corrected chi connectivity index (χ2v) is 9.94. The third-order valence-electron chi connectivity index (χ3n) is 5.35. The first-order valence-corrected chi connectivity index (χ1v) is 11.9. The molecule has 1 fully saturated rings. The minimum atomic E-state index is -0.574. The van der Waals surface area contributed by atoms with Gasteiger partial charge in [0.2, 0.25) is 0 Å². The molecule has 1 aromatic heterocycles. The summed E-state index contributed by atoms with van der Waals surface area (Å²) in [6.07, 6.45) is 1.47. The van der Waals surface area contributed by atoms with Crippen LogP contribution in [-0.2, 0) is 4.79 Å². The summed E-state index contributed by atoms with van der Waals surface area (Å²) in [4.78, 5) is 36.8. The zero-order chi connectivity index (χ0) is 25.4. The van der Waals surface area contributed by atoms with Gasteiger partial charge < -0.3 is 4.42 Å². The van der Waals surface area contributed by atoms with Gasteiger partial charge in [-0.05, 0) is 80.0 Å². The fraction of sp³-hybridized carbons (Fsp3) is 0.125. The highest BCUT2D eigenvalue weighted by Crippen LogP contribution is 2.36. The Balaban J connectivity index is 1.57. The van der Waals surface area contributed by atoms with E-state index in [9.17, 15) is 19.7 Å². The number of halogens is 1. The molecule has 35 heavy (non-hydrogen) atoms. The molecule has 2 aromatic carbocycles. The number of hydrogen-bond donors (Lipinski definition) is 1. The normalized spacial score (nSPS) is 14.6. The van der Waals surface area contributed by atoms with Crippen molar-refractivity contribution in [3.05, 3.63) is 90.5 Å². The van der Waals surface area contributed by atoms with Crippen molar-refractivity contribution in [3.63, 3.8) is 0 Å². The Kier molecular flexibility index (Phi) is 6.79. The highest BCUT2D eigenvalue weighted by molar-refractivity contribution is 8.26. The number of rotatable bonds is 5. The van der Waals surface area contributed by atoms with Gasteiger partial charge >= 0.3 is 0 Å². The Labute approximate surface area is 215 Å². The third-order valence-corrected chi connectivity index (χ3v) is 6.97. The second-order valence-electron chi connectivity index (χ2n) is 7.85. The smallest absolute Gasteiger partial charge is 0.285 e. The Bertz CT molecular complexity index is 1450. The molecule has 178 valence electrons. The summed E-state index contributed by atoms with van der Waals surface area (Å²) in [6, 6.07) is 11.4. The monoisotopic (exact) mass is 527 g/mol. The molecule has 0 aliphatic carbocycles. The van der Waals surface area contributed by atoms with Crippen molar-refractivity contribution in [2.24, 2.45) is 0 Å². The number of nitrogens with zero attached hydrogens (tertiary/aromatic N) is 2. The molecule has 1 N–H and O–H groups in total. The lowest BCUT2D eigenvalue weighted by Gasteiger charge is -2.16. The highest BCUT2D eigenvalue weighted by atomic mass is 35.5. The van der Waals surface area contributed by atoms with Gasteiger partial charge in [-0.15, -0.1) is 0 Å². The molecule has 0 radical (unpaired) electrons. The van der Waals surface area contributed by atoms with Crippen molar-refractivity contribution in [1.82, 2.24) is 10.4 Å². The lowest BCUT2D eigenvalue weighted by atomic mass is 10.0. The van der Waals surface area contributed by atoms with Crippen LogP contribution in [0, 0.1) is 30.9 Å². The average molecular weight is 528 g/mol. The second kappa shape index (κ2) is 9.65. The summed E-state index contributed by atoms with van der Waals surface area (Å²) < 4.78 is 5.93. The Hall–Kier alpha value is -3.47. The van der Waals surface area contributed by atoms with Gasteiger partial charge in [-0.25, -0.2) is 0 Å². The van der Waals surface area contributed by atoms with Crippen LogP contribution < -0.4 is 5.43 Å². The van der Waals surface area contributed by atoms with E-state index in [2.05, 4.69) is 5.43 Å². The number of amides is 2. The quantitative estimate of drug-likeness (QED) is 0.188. The van der Waals surface area contributed by atoms with Crippen LogP contribution in [0.15, 0.2) is 51.8 Å². The first kappa shape index (κ1) is 24.6. The van der Waals surface area contributed by atoms with Gasteiger partial charge in [0.15, 0.2) is 4.32 Å². The predicted molar refractivity (Wildman–Crippen MR) is 139 cm³/mol. The molecule has 11 heteroatoms. The number of thioether (sulfide) groups is 1. The lowest BCUT2D eigenvalue weighted by Crippen LogP contribution is -2.44. The van der Waals surface area contributed by atoms with E-state index >= 15 is 0 Å². The van der Waals surface area contributed by atoms with Crippen molar-refractivity contribution >= 4 is 63.5 Å². The number of carbonyl (C=O) groups excluding carboxylic acids is 2. The van der Waals surface area contributed by atoms with Crippen molar-refractivity contribution in [2.45, 2.75) is 20.8 Å². The highest BCUT2D eigenvalue weighted by Gasteiger charge is 2.34. The molecule has 0 saturated carbocycles. The molecule has 4 rings (SSSR count). The summed E-state index contributed by atoms with van der Waals surface area (Å²) in [7, 11) is 0. The number of hydrogen-bond acceptors (Lipinski definition) is 7. The van der Waals surface area contributed by atoms with Crippen LogP contribution in [0.3, 0.4) is 0 Å². The topological polar surface area (TPSA) is 106 Å². The van der Waals surface area contributed by atoms with Gasteiger partial charge in [-0.3, -0.25) is 25.1 Å². The fourth-order valence-electron chi connectivity index (χ4n) is 3.38. The molecule has 2 heterocycles. The van der Waals surface area contributed by atoms with E-state index < -0.39 is 16.7 Å². The lowest BCUT2D eigenvalue weighted by molar-refractivity contribution is -0.384. The first-order chi connectivity index (χ1) is 16.5. The van der Waals surface area contributed by atoms with Gasteiger partial charge in [-0.2, -0.15) is 5.01 Å². The predicted octanol–water partition coefficient (Wildman–Crippen LogP) is 5.98. The van der Waals surface area contributed by atoms with Crippen LogP contribution in [0.4, 0.5) is 5.69 Å². The maximum atomic E-state index is 12.9. The van der Waals surface area contributed by atoms with Crippen LogP contribution in [0.2, 0.25) is 5.02 Å². The molecule has 0 unspecified atom stereocenters. The Morgan fingerprint density at radius 3 is 2.57 bits per heavy atom. The van der Waals surface area contributed by atoms with Crippen molar-refractivity contribution in [2.75, 3.05) is 0 Å². The molecule has 0 bridgehead atoms. The SMILES string of the molecule is Cc1ccc(C(=O)NN2C(=O)/C(=C/c3ccc(-c4cc(C)c(C)cc4[N+](=O)[O-])o3)SC2=S)c(Cl)c1. The maximum absolute atomic E-state index is 12.9. The zero-order valence-electron chi connectivity index (χ0n) is 18.7. The molecule has 1 aliphatic rings. The van der Waals surface area contributed by atoms with E-state index in [0.29, 0.717) is 17.1 Å². The number of nitro benzene ring substituents is 1. The number of benzene rings is 2. The number of thiocarbonyl (C=S) groups is 1. The fourth-order valence-corrected chi connectivity index (χ4v) is 4.86. The van der Waals surface area contributed by atoms with E-state index in [1.54, 1.807) is 43.3 Å². The number of nitro groups is 1. The molecule has 0 atom stereocenters. The largest absolute Gasteiger partial charge is 0.456 e. The summed E-state index contributed by atoms with van der Waals surface area (Å²) >= 11 is 12.4. The van der Waals surface area contributed by atoms with Gasteiger partial charge in [0, 0.05) is 12.1 Å².